The Hall–Kier alpha value is -3.09. The van der Waals surface area contributed by atoms with Gasteiger partial charge in [-0.2, -0.15) is 0 Å². The van der Waals surface area contributed by atoms with Gasteiger partial charge < -0.3 is 19.5 Å². The van der Waals surface area contributed by atoms with Crippen molar-refractivity contribution in [3.05, 3.63) is 59.8 Å². The maximum atomic E-state index is 13.1. The molecule has 0 radical (unpaired) electrons. The van der Waals surface area contributed by atoms with Crippen molar-refractivity contribution in [3.63, 3.8) is 0 Å². The molecule has 2 aromatic carbocycles. The first-order chi connectivity index (χ1) is 11.9. The average molecular weight is 345 g/mol. The van der Waals surface area contributed by atoms with Gasteiger partial charge in [0.25, 0.3) is 0 Å². The Morgan fingerprint density at radius 1 is 1.12 bits per heavy atom. The molecule has 128 valence electrons. The van der Waals surface area contributed by atoms with E-state index in [1.807, 2.05) is 17.2 Å². The summed E-state index contributed by atoms with van der Waals surface area (Å²) in [6.45, 7) is 0.655. The van der Waals surface area contributed by atoms with Crippen LogP contribution in [0.3, 0.4) is 0 Å². The molecule has 0 aliphatic carbocycles. The molecule has 0 saturated carbocycles. The number of ether oxygens (including phenoxy) is 2. The Labute approximate surface area is 141 Å². The lowest BCUT2D eigenvalue weighted by atomic mass is 10.0. The molecule has 0 atom stereocenters. The molecule has 4 rings (SSSR count). The van der Waals surface area contributed by atoms with E-state index in [1.165, 1.54) is 18.2 Å². The molecule has 2 aromatic rings. The first-order valence-corrected chi connectivity index (χ1v) is 7.62. The molecular formula is C18H13F2NO4. The van der Waals surface area contributed by atoms with E-state index in [4.69, 9.17) is 5.11 Å². The van der Waals surface area contributed by atoms with Crippen LogP contribution in [-0.4, -0.2) is 23.9 Å². The van der Waals surface area contributed by atoms with Crippen molar-refractivity contribution >= 4 is 17.2 Å². The minimum atomic E-state index is -3.63. The third-order valence-corrected chi connectivity index (χ3v) is 4.13. The van der Waals surface area contributed by atoms with E-state index in [9.17, 15) is 13.6 Å². The van der Waals surface area contributed by atoms with Crippen LogP contribution in [0.2, 0.25) is 0 Å². The summed E-state index contributed by atoms with van der Waals surface area (Å²) < 4.78 is 35.1. The smallest absolute Gasteiger partial charge is 0.478 e. The number of carbonyl (C=O) groups is 1. The Kier molecular flexibility index (Phi) is 3.38. The van der Waals surface area contributed by atoms with Gasteiger partial charge in [0.2, 0.25) is 0 Å². The van der Waals surface area contributed by atoms with Crippen molar-refractivity contribution in [2.45, 2.75) is 12.7 Å². The number of carboxylic acids is 1. The molecule has 5 nitrogen and oxygen atoms in total. The van der Waals surface area contributed by atoms with Gasteiger partial charge >= 0.3 is 12.3 Å². The summed E-state index contributed by atoms with van der Waals surface area (Å²) in [5, 5.41) is 9.10. The highest BCUT2D eigenvalue weighted by atomic mass is 19.3. The van der Waals surface area contributed by atoms with Crippen LogP contribution in [0.5, 0.6) is 11.5 Å². The number of fused-ring (bicyclic) bond motifs is 1. The number of alkyl halides is 2. The summed E-state index contributed by atoms with van der Waals surface area (Å²) in [6.07, 6.45) is -1.03. The van der Waals surface area contributed by atoms with E-state index in [-0.39, 0.29) is 17.1 Å². The zero-order chi connectivity index (χ0) is 17.6. The summed E-state index contributed by atoms with van der Waals surface area (Å²) in [5.74, 6) is -0.975. The fraction of sp³-hybridized carbons (Fsp3) is 0.167. The predicted octanol–water partition coefficient (Wildman–Crippen LogP) is 3.96. The van der Waals surface area contributed by atoms with Crippen molar-refractivity contribution in [1.29, 1.82) is 0 Å². The summed E-state index contributed by atoms with van der Waals surface area (Å²) in [5.41, 5.74) is 2.73. The summed E-state index contributed by atoms with van der Waals surface area (Å²) in [4.78, 5) is 13.0. The topological polar surface area (TPSA) is 59.0 Å². The van der Waals surface area contributed by atoms with Crippen LogP contribution in [0.4, 0.5) is 14.5 Å². The molecule has 0 saturated heterocycles. The van der Waals surface area contributed by atoms with Crippen LogP contribution >= 0.6 is 0 Å². The first kappa shape index (κ1) is 15.4. The lowest BCUT2D eigenvalue weighted by Crippen LogP contribution is -2.25. The summed E-state index contributed by atoms with van der Waals surface area (Å²) >= 11 is 0. The summed E-state index contributed by atoms with van der Waals surface area (Å²) in [6, 6.07) is 11.3. The van der Waals surface area contributed by atoms with Crippen LogP contribution in [0.25, 0.3) is 5.57 Å². The monoisotopic (exact) mass is 345 g/mol. The normalized spacial score (nSPS) is 17.5. The maximum Gasteiger partial charge on any atom is 0.586 e. The van der Waals surface area contributed by atoms with Crippen LogP contribution in [0, 0.1) is 0 Å². The minimum absolute atomic E-state index is 0.00257. The standard InChI is InChI=1S/C18H13F2NO4/c19-18(20)24-15-5-4-14(9-16(15)25-18)21-7-6-13(10-21)11-2-1-3-12(8-11)17(22)23/h1-5,8-10H,6-7H2,(H,22,23). The molecule has 0 fully saturated rings. The van der Waals surface area contributed by atoms with E-state index < -0.39 is 12.3 Å². The van der Waals surface area contributed by atoms with Crippen molar-refractivity contribution in [2.75, 3.05) is 11.4 Å². The number of hydrogen-bond acceptors (Lipinski definition) is 4. The number of anilines is 1. The Morgan fingerprint density at radius 2 is 1.92 bits per heavy atom. The van der Waals surface area contributed by atoms with Gasteiger partial charge in [-0.3, -0.25) is 0 Å². The highest BCUT2D eigenvalue weighted by Gasteiger charge is 2.43. The van der Waals surface area contributed by atoms with E-state index in [0.29, 0.717) is 18.7 Å². The summed E-state index contributed by atoms with van der Waals surface area (Å²) in [7, 11) is 0. The van der Waals surface area contributed by atoms with Crippen LogP contribution in [0.15, 0.2) is 48.7 Å². The lowest BCUT2D eigenvalue weighted by Gasteiger charge is -2.15. The number of benzene rings is 2. The maximum absolute atomic E-state index is 13.1. The lowest BCUT2D eigenvalue weighted by molar-refractivity contribution is -0.286. The predicted molar refractivity (Wildman–Crippen MR) is 86.0 cm³/mol. The second kappa shape index (κ2) is 5.47. The molecule has 2 aliphatic rings. The SMILES string of the molecule is O=C(O)c1cccc(C2=CN(c3ccc4c(c3)OC(F)(F)O4)CC2)c1. The molecule has 0 spiro atoms. The van der Waals surface area contributed by atoms with Crippen molar-refractivity contribution < 1.29 is 28.2 Å². The van der Waals surface area contributed by atoms with Crippen LogP contribution in [0.1, 0.15) is 22.3 Å². The largest absolute Gasteiger partial charge is 0.586 e. The van der Waals surface area contributed by atoms with Gasteiger partial charge in [0, 0.05) is 24.5 Å². The average Bonchev–Trinajstić information content (AvgIpc) is 3.17. The van der Waals surface area contributed by atoms with Crippen LogP contribution in [-0.2, 0) is 0 Å². The molecule has 1 N–H and O–H groups in total. The molecule has 2 aliphatic heterocycles. The van der Waals surface area contributed by atoms with Crippen LogP contribution < -0.4 is 14.4 Å². The molecule has 25 heavy (non-hydrogen) atoms. The minimum Gasteiger partial charge on any atom is -0.478 e. The van der Waals surface area contributed by atoms with Gasteiger partial charge in [0.15, 0.2) is 11.5 Å². The Balaban J connectivity index is 1.60. The van der Waals surface area contributed by atoms with Crippen molar-refractivity contribution in [3.8, 4) is 11.5 Å². The number of nitrogens with zero attached hydrogens (tertiary/aromatic N) is 1. The molecule has 0 unspecified atom stereocenters. The Bertz CT molecular complexity index is 894. The van der Waals surface area contributed by atoms with E-state index in [2.05, 4.69) is 9.47 Å². The number of carboxylic acid groups (broad SMARTS) is 1. The van der Waals surface area contributed by atoms with Crippen molar-refractivity contribution in [2.24, 2.45) is 0 Å². The van der Waals surface area contributed by atoms with Gasteiger partial charge in [-0.05, 0) is 41.8 Å². The van der Waals surface area contributed by atoms with Crippen molar-refractivity contribution in [1.82, 2.24) is 0 Å². The van der Waals surface area contributed by atoms with Gasteiger partial charge in [0.1, 0.15) is 0 Å². The molecule has 0 amide bonds. The van der Waals surface area contributed by atoms with Gasteiger partial charge in [-0.15, -0.1) is 8.78 Å². The zero-order valence-corrected chi connectivity index (χ0v) is 12.9. The fourth-order valence-electron chi connectivity index (χ4n) is 2.95. The third kappa shape index (κ3) is 2.88. The van der Waals surface area contributed by atoms with E-state index >= 15 is 0 Å². The third-order valence-electron chi connectivity index (χ3n) is 4.13. The molecule has 0 aromatic heterocycles. The highest BCUT2D eigenvalue weighted by molar-refractivity contribution is 5.89. The quantitative estimate of drug-likeness (QED) is 0.912. The van der Waals surface area contributed by atoms with E-state index in [0.717, 1.165) is 11.1 Å². The first-order valence-electron chi connectivity index (χ1n) is 7.62. The van der Waals surface area contributed by atoms with E-state index in [1.54, 1.807) is 18.2 Å². The molecule has 0 bridgehead atoms. The number of hydrogen-bond donors (Lipinski definition) is 1. The fourth-order valence-corrected chi connectivity index (χ4v) is 2.95. The zero-order valence-electron chi connectivity index (χ0n) is 12.9. The highest BCUT2D eigenvalue weighted by Crippen LogP contribution is 2.43. The second-order valence-electron chi connectivity index (χ2n) is 5.78. The second-order valence-corrected chi connectivity index (χ2v) is 5.78. The van der Waals surface area contributed by atoms with Gasteiger partial charge in [-0.1, -0.05) is 12.1 Å². The number of rotatable bonds is 3. The number of aromatic carboxylic acids is 1. The molecular weight excluding hydrogens is 332 g/mol. The Morgan fingerprint density at radius 3 is 2.72 bits per heavy atom. The van der Waals surface area contributed by atoms with Gasteiger partial charge in [-0.25, -0.2) is 4.79 Å². The van der Waals surface area contributed by atoms with Gasteiger partial charge in [0.05, 0.1) is 5.56 Å². The molecule has 7 heteroatoms. The molecule has 2 heterocycles. The number of halogens is 2.